The van der Waals surface area contributed by atoms with Gasteiger partial charge in [-0.2, -0.15) is 10.4 Å². The molecule has 1 aromatic heterocycles. The van der Waals surface area contributed by atoms with E-state index >= 15 is 4.39 Å². The van der Waals surface area contributed by atoms with Crippen LogP contribution in [0.1, 0.15) is 46.1 Å². The highest BCUT2D eigenvalue weighted by Gasteiger charge is 2.51. The lowest BCUT2D eigenvalue weighted by Crippen LogP contribution is -2.54. The number of piperidine rings is 1. The van der Waals surface area contributed by atoms with Gasteiger partial charge in [0.15, 0.2) is 0 Å². The van der Waals surface area contributed by atoms with E-state index in [2.05, 4.69) is 11.2 Å². The van der Waals surface area contributed by atoms with Crippen molar-refractivity contribution in [1.29, 1.82) is 5.26 Å². The van der Waals surface area contributed by atoms with Crippen LogP contribution in [0.5, 0.6) is 0 Å². The summed E-state index contributed by atoms with van der Waals surface area (Å²) < 4.78 is 31.8. The van der Waals surface area contributed by atoms with Crippen LogP contribution in [0.3, 0.4) is 0 Å². The second-order valence-electron chi connectivity index (χ2n) is 9.06. The molecule has 1 aliphatic heterocycles. The molecule has 0 radical (unpaired) electrons. The lowest BCUT2D eigenvalue weighted by molar-refractivity contribution is -0.0662. The first-order valence-electron chi connectivity index (χ1n) is 10.3. The number of aryl methyl sites for hydroxylation is 1. The fourth-order valence-electron chi connectivity index (χ4n) is 4.37. The molecule has 0 saturated carbocycles. The Hall–Kier alpha value is -2.26. The second kappa shape index (κ2) is 8.23. The quantitative estimate of drug-likeness (QED) is 0.693. The zero-order valence-electron chi connectivity index (χ0n) is 17.8. The molecule has 6 heteroatoms. The van der Waals surface area contributed by atoms with Crippen molar-refractivity contribution in [3.05, 3.63) is 41.8 Å². The summed E-state index contributed by atoms with van der Waals surface area (Å²) in [6, 6.07) is 9.20. The number of aromatic nitrogens is 2. The van der Waals surface area contributed by atoms with E-state index in [4.69, 9.17) is 0 Å². The van der Waals surface area contributed by atoms with E-state index in [9.17, 15) is 9.65 Å². The predicted molar refractivity (Wildman–Crippen MR) is 110 cm³/mol. The highest BCUT2D eigenvalue weighted by molar-refractivity contribution is 5.59. The number of hydrogen-bond acceptors (Lipinski definition) is 3. The van der Waals surface area contributed by atoms with Gasteiger partial charge in [-0.3, -0.25) is 9.58 Å². The average Bonchev–Trinajstić information content (AvgIpc) is 3.14. The van der Waals surface area contributed by atoms with E-state index in [1.807, 2.05) is 50.9 Å². The lowest BCUT2D eigenvalue weighted by Gasteiger charge is -2.51. The molecule has 0 N–H and O–H groups in total. The Morgan fingerprint density at radius 2 is 2.07 bits per heavy atom. The van der Waals surface area contributed by atoms with Gasteiger partial charge in [-0.15, -0.1) is 0 Å². The molecule has 0 spiro atoms. The summed E-state index contributed by atoms with van der Waals surface area (Å²) in [5.41, 5.74) is 1.08. The monoisotopic (exact) mass is 400 g/mol. The first-order valence-corrected chi connectivity index (χ1v) is 10.3. The summed E-state index contributed by atoms with van der Waals surface area (Å²) in [7, 11) is 0. The third-order valence-electron chi connectivity index (χ3n) is 6.49. The van der Waals surface area contributed by atoms with Crippen molar-refractivity contribution in [1.82, 2.24) is 14.7 Å². The van der Waals surface area contributed by atoms with Crippen LogP contribution < -0.4 is 0 Å². The molecule has 2 heterocycles. The van der Waals surface area contributed by atoms with E-state index in [1.54, 1.807) is 10.7 Å². The number of hydrogen-bond donors (Lipinski definition) is 0. The summed E-state index contributed by atoms with van der Waals surface area (Å²) in [5, 5.41) is 13.7. The van der Waals surface area contributed by atoms with Crippen molar-refractivity contribution in [3.63, 3.8) is 0 Å². The number of rotatable bonds is 5. The first-order chi connectivity index (χ1) is 13.7. The van der Waals surface area contributed by atoms with Crippen LogP contribution >= 0.6 is 0 Å². The van der Waals surface area contributed by atoms with E-state index in [0.29, 0.717) is 25.1 Å². The topological polar surface area (TPSA) is 44.9 Å². The third-order valence-corrected chi connectivity index (χ3v) is 6.49. The largest absolute Gasteiger partial charge is 0.296 e. The average molecular weight is 401 g/mol. The summed E-state index contributed by atoms with van der Waals surface area (Å²) in [6.45, 7) is 10.0. The number of nitriles is 1. The maximum atomic E-state index is 15.3. The van der Waals surface area contributed by atoms with Crippen molar-refractivity contribution in [2.45, 2.75) is 59.8 Å². The van der Waals surface area contributed by atoms with Crippen LogP contribution in [0.15, 0.2) is 30.5 Å². The van der Waals surface area contributed by atoms with Gasteiger partial charge in [0.1, 0.15) is 12.0 Å². The van der Waals surface area contributed by atoms with Crippen molar-refractivity contribution in [2.75, 3.05) is 13.1 Å². The van der Waals surface area contributed by atoms with Gasteiger partial charge in [0.2, 0.25) is 0 Å². The summed E-state index contributed by atoms with van der Waals surface area (Å²) in [5.74, 6) is -0.298. The SMILES string of the molecule is CCn1ccc(-c2ccc(CN3CCC(CC#N)(C(C)(C)C)C(F)C3)c(F)c2)n1. The van der Waals surface area contributed by atoms with Gasteiger partial charge in [0.05, 0.1) is 11.8 Å². The van der Waals surface area contributed by atoms with Crippen LogP contribution in [-0.4, -0.2) is 33.9 Å². The van der Waals surface area contributed by atoms with Crippen LogP contribution in [0, 0.1) is 28.0 Å². The van der Waals surface area contributed by atoms with E-state index in [0.717, 1.165) is 17.8 Å². The molecule has 1 saturated heterocycles. The molecule has 2 aromatic rings. The fourth-order valence-corrected chi connectivity index (χ4v) is 4.37. The summed E-state index contributed by atoms with van der Waals surface area (Å²) >= 11 is 0. The Kier molecular flexibility index (Phi) is 6.09. The molecule has 3 rings (SSSR count). The fraction of sp³-hybridized carbons (Fsp3) is 0.565. The maximum Gasteiger partial charge on any atom is 0.128 e. The zero-order valence-corrected chi connectivity index (χ0v) is 17.8. The number of likely N-dealkylation sites (tertiary alicyclic amines) is 1. The molecule has 4 nitrogen and oxygen atoms in total. The van der Waals surface area contributed by atoms with Crippen LogP contribution in [0.2, 0.25) is 0 Å². The molecular formula is C23H30F2N4. The lowest BCUT2D eigenvalue weighted by atomic mass is 9.59. The third kappa shape index (κ3) is 4.20. The molecule has 0 bridgehead atoms. The Balaban J connectivity index is 1.72. The molecule has 0 aliphatic carbocycles. The molecule has 2 atom stereocenters. The number of halogens is 2. The standard InChI is InChI=1S/C23H30F2N4/c1-5-29-12-8-20(27-29)17-6-7-18(19(24)14-17)15-28-13-10-23(9-11-26,21(25)16-28)22(2,3)4/h6-8,12,14,21H,5,9-10,13,15-16H2,1-4H3. The minimum absolute atomic E-state index is 0.207. The second-order valence-corrected chi connectivity index (χ2v) is 9.06. The Bertz CT molecular complexity index is 893. The van der Waals surface area contributed by atoms with Crippen LogP contribution in [-0.2, 0) is 13.1 Å². The van der Waals surface area contributed by atoms with E-state index in [1.165, 1.54) is 6.07 Å². The smallest absolute Gasteiger partial charge is 0.128 e. The predicted octanol–water partition coefficient (Wildman–Crippen LogP) is 5.20. The minimum Gasteiger partial charge on any atom is -0.296 e. The Morgan fingerprint density at radius 3 is 2.62 bits per heavy atom. The molecule has 156 valence electrons. The van der Waals surface area contributed by atoms with Crippen molar-refractivity contribution in [3.8, 4) is 17.3 Å². The van der Waals surface area contributed by atoms with Gasteiger partial charge < -0.3 is 0 Å². The molecule has 1 fully saturated rings. The number of alkyl halides is 1. The Morgan fingerprint density at radius 1 is 1.31 bits per heavy atom. The van der Waals surface area contributed by atoms with Gasteiger partial charge in [-0.05, 0) is 37.4 Å². The highest BCUT2D eigenvalue weighted by atomic mass is 19.1. The van der Waals surface area contributed by atoms with Gasteiger partial charge in [-0.25, -0.2) is 8.78 Å². The van der Waals surface area contributed by atoms with Gasteiger partial charge in [0, 0.05) is 48.8 Å². The molecule has 0 amide bonds. The normalized spacial score (nSPS) is 23.1. The maximum absolute atomic E-state index is 15.3. The molecular weight excluding hydrogens is 370 g/mol. The zero-order chi connectivity index (χ0) is 21.2. The van der Waals surface area contributed by atoms with Gasteiger partial charge >= 0.3 is 0 Å². The molecule has 2 unspecified atom stereocenters. The minimum atomic E-state index is -1.11. The van der Waals surface area contributed by atoms with Crippen LogP contribution in [0.4, 0.5) is 8.78 Å². The first kappa shape index (κ1) is 21.4. The molecule has 1 aromatic carbocycles. The Labute approximate surface area is 172 Å². The van der Waals surface area contributed by atoms with Gasteiger partial charge in [-0.1, -0.05) is 32.9 Å². The number of nitrogens with zero attached hydrogens (tertiary/aromatic N) is 4. The summed E-state index contributed by atoms with van der Waals surface area (Å²) in [4.78, 5) is 1.95. The number of benzene rings is 1. The highest BCUT2D eigenvalue weighted by Crippen LogP contribution is 2.50. The van der Waals surface area contributed by atoms with E-state index in [-0.39, 0.29) is 24.2 Å². The molecule has 1 aliphatic rings. The van der Waals surface area contributed by atoms with Crippen LogP contribution in [0.25, 0.3) is 11.3 Å². The molecule has 29 heavy (non-hydrogen) atoms. The van der Waals surface area contributed by atoms with E-state index < -0.39 is 11.6 Å². The van der Waals surface area contributed by atoms with Crippen molar-refractivity contribution < 1.29 is 8.78 Å². The van der Waals surface area contributed by atoms with Gasteiger partial charge in [0.25, 0.3) is 0 Å². The van der Waals surface area contributed by atoms with Crippen molar-refractivity contribution in [2.24, 2.45) is 10.8 Å². The van der Waals surface area contributed by atoms with Crippen molar-refractivity contribution >= 4 is 0 Å². The summed E-state index contributed by atoms with van der Waals surface area (Å²) in [6.07, 6.45) is 1.56.